The number of benzene rings is 5. The highest BCUT2D eigenvalue weighted by molar-refractivity contribution is 7.99. The fraction of sp³-hybridized carbons (Fsp3) is 0.105. The number of hydrogen-bond donors (Lipinski definition) is 0. The maximum absolute atomic E-state index is 12.4. The Morgan fingerprint density at radius 3 is 2.05 bits per heavy atom. The van der Waals surface area contributed by atoms with E-state index in [4.69, 9.17) is 14.5 Å². The minimum Gasteiger partial charge on any atom is -0.497 e. The van der Waals surface area contributed by atoms with Crippen LogP contribution in [-0.4, -0.2) is 24.7 Å². The number of anilines is 3. The Labute approximate surface area is 261 Å². The predicted molar refractivity (Wildman–Crippen MR) is 179 cm³/mol. The molecule has 216 valence electrons. The van der Waals surface area contributed by atoms with Crippen molar-refractivity contribution in [3.8, 4) is 28.1 Å². The van der Waals surface area contributed by atoms with Gasteiger partial charge in [-0.05, 0) is 91.2 Å². The number of para-hydroxylation sites is 2. The van der Waals surface area contributed by atoms with Crippen LogP contribution in [0.5, 0.6) is 5.75 Å². The molecule has 0 N–H and O–H groups in total. The number of methoxy groups -OCH3 is 1. The van der Waals surface area contributed by atoms with Crippen molar-refractivity contribution in [1.29, 1.82) is 0 Å². The van der Waals surface area contributed by atoms with Crippen molar-refractivity contribution < 1.29 is 14.3 Å². The van der Waals surface area contributed by atoms with E-state index in [9.17, 15) is 4.79 Å². The number of aryl methyl sites for hydroxylation is 1. The summed E-state index contributed by atoms with van der Waals surface area (Å²) in [7, 11) is 1.68. The van der Waals surface area contributed by atoms with Gasteiger partial charge in [0.25, 0.3) is 0 Å². The number of carbonyl (C=O) groups excluding carboxylic acids is 1. The molecule has 1 aromatic heterocycles. The normalized spacial score (nSPS) is 12.0. The van der Waals surface area contributed by atoms with Crippen molar-refractivity contribution in [3.63, 3.8) is 0 Å². The van der Waals surface area contributed by atoms with E-state index in [0.29, 0.717) is 12.2 Å². The first kappa shape index (κ1) is 27.7. The Morgan fingerprint density at radius 1 is 0.773 bits per heavy atom. The molecule has 5 aromatic carbocycles. The number of carbonyl (C=O) groups is 1. The second-order valence-corrected chi connectivity index (χ2v) is 11.7. The molecular weight excluding hydrogens is 564 g/mol. The summed E-state index contributed by atoms with van der Waals surface area (Å²) in [5.41, 5.74) is 9.69. The lowest BCUT2D eigenvalue weighted by atomic mass is 9.94. The number of aromatic nitrogens is 1. The van der Waals surface area contributed by atoms with Crippen molar-refractivity contribution in [2.45, 2.75) is 23.6 Å². The van der Waals surface area contributed by atoms with E-state index < -0.39 is 0 Å². The van der Waals surface area contributed by atoms with E-state index in [2.05, 4.69) is 90.7 Å². The maximum Gasteiger partial charge on any atom is 0.338 e. The molecule has 5 nitrogen and oxygen atoms in total. The molecular formula is C38H30N2O3S. The average Bonchev–Trinajstić information content (AvgIpc) is 3.07. The number of nitrogens with zero attached hydrogens (tertiary/aromatic N) is 2. The Morgan fingerprint density at radius 2 is 1.41 bits per heavy atom. The van der Waals surface area contributed by atoms with Gasteiger partial charge in [0.2, 0.25) is 0 Å². The third-order valence-corrected chi connectivity index (χ3v) is 9.04. The summed E-state index contributed by atoms with van der Waals surface area (Å²) < 4.78 is 10.7. The summed E-state index contributed by atoms with van der Waals surface area (Å²) in [6.45, 7) is 4.29. The van der Waals surface area contributed by atoms with Gasteiger partial charge in [-0.3, -0.25) is 0 Å². The maximum atomic E-state index is 12.4. The average molecular weight is 595 g/mol. The van der Waals surface area contributed by atoms with Crippen LogP contribution in [0.3, 0.4) is 0 Å². The summed E-state index contributed by atoms with van der Waals surface area (Å²) in [5, 5.41) is 1.09. The van der Waals surface area contributed by atoms with Gasteiger partial charge in [-0.15, -0.1) is 0 Å². The molecule has 0 saturated heterocycles. The molecule has 7 rings (SSSR count). The zero-order chi connectivity index (χ0) is 30.2. The molecule has 0 atom stereocenters. The SMILES string of the molecule is CCOC(=O)c1ccc(-c2cc(-c3ccc(OC)cc3)c3c(C)ccc(N4c5ccccc5Sc5ccccc54)c3n2)cc1. The molecule has 1 aliphatic heterocycles. The molecule has 6 aromatic rings. The van der Waals surface area contributed by atoms with Crippen LogP contribution in [0.1, 0.15) is 22.8 Å². The standard InChI is InChI=1S/C38H30N2O3S/c1-4-43-38(41)27-16-14-26(15-17-27)30-23-29(25-18-20-28(42-3)21-19-25)36-24(2)13-22-33(37(36)39-30)40-31-9-5-7-11-34(31)44-35-12-8-6-10-32(35)40/h5-23H,4H2,1-3H3. The van der Waals surface area contributed by atoms with Crippen LogP contribution in [0.25, 0.3) is 33.3 Å². The molecule has 0 saturated carbocycles. The number of hydrogen-bond acceptors (Lipinski definition) is 6. The third kappa shape index (κ3) is 4.87. The van der Waals surface area contributed by atoms with Crippen LogP contribution in [0.15, 0.2) is 125 Å². The predicted octanol–water partition coefficient (Wildman–Crippen LogP) is 10.00. The van der Waals surface area contributed by atoms with E-state index in [1.54, 1.807) is 31.0 Å². The fourth-order valence-corrected chi connectivity index (χ4v) is 6.84. The Kier molecular flexibility index (Phi) is 7.28. The molecule has 0 fully saturated rings. The van der Waals surface area contributed by atoms with Crippen molar-refractivity contribution in [3.05, 3.63) is 126 Å². The second kappa shape index (κ2) is 11.5. The first-order valence-corrected chi connectivity index (χ1v) is 15.4. The largest absolute Gasteiger partial charge is 0.497 e. The van der Waals surface area contributed by atoms with E-state index >= 15 is 0 Å². The lowest BCUT2D eigenvalue weighted by molar-refractivity contribution is 0.0526. The highest BCUT2D eigenvalue weighted by Gasteiger charge is 2.27. The molecule has 0 unspecified atom stereocenters. The van der Waals surface area contributed by atoms with Gasteiger partial charge < -0.3 is 14.4 Å². The monoisotopic (exact) mass is 594 g/mol. The fourth-order valence-electron chi connectivity index (χ4n) is 5.78. The number of fused-ring (bicyclic) bond motifs is 3. The summed E-state index contributed by atoms with van der Waals surface area (Å²) in [4.78, 5) is 22.5. The van der Waals surface area contributed by atoms with Crippen molar-refractivity contribution in [2.75, 3.05) is 18.6 Å². The topological polar surface area (TPSA) is 51.7 Å². The first-order valence-electron chi connectivity index (χ1n) is 14.6. The highest BCUT2D eigenvalue weighted by atomic mass is 32.2. The lowest BCUT2D eigenvalue weighted by Crippen LogP contribution is -2.15. The van der Waals surface area contributed by atoms with Crippen LogP contribution in [0.2, 0.25) is 0 Å². The number of pyridine rings is 1. The number of esters is 1. The van der Waals surface area contributed by atoms with Crippen LogP contribution in [0, 0.1) is 6.92 Å². The van der Waals surface area contributed by atoms with Gasteiger partial charge in [0, 0.05) is 20.7 Å². The minimum atomic E-state index is -0.331. The summed E-state index contributed by atoms with van der Waals surface area (Å²) in [6, 6.07) is 39.2. The number of ether oxygens (including phenoxy) is 2. The van der Waals surface area contributed by atoms with Crippen molar-refractivity contribution in [1.82, 2.24) is 4.98 Å². The Hall–Kier alpha value is -5.07. The summed E-state index contributed by atoms with van der Waals surface area (Å²) >= 11 is 1.79. The molecule has 0 radical (unpaired) electrons. The van der Waals surface area contributed by atoms with Gasteiger partial charge in [-0.25, -0.2) is 9.78 Å². The molecule has 0 amide bonds. The van der Waals surface area contributed by atoms with Crippen molar-refractivity contribution >= 4 is 45.7 Å². The van der Waals surface area contributed by atoms with Crippen LogP contribution in [-0.2, 0) is 4.74 Å². The van der Waals surface area contributed by atoms with Gasteiger partial charge >= 0.3 is 5.97 Å². The summed E-state index contributed by atoms with van der Waals surface area (Å²) in [5.74, 6) is 0.473. The van der Waals surface area contributed by atoms with Gasteiger partial charge in [0.1, 0.15) is 5.75 Å². The third-order valence-electron chi connectivity index (χ3n) is 7.91. The first-order chi connectivity index (χ1) is 21.6. The lowest BCUT2D eigenvalue weighted by Gasteiger charge is -2.33. The van der Waals surface area contributed by atoms with Crippen LogP contribution in [0.4, 0.5) is 17.1 Å². The molecule has 0 spiro atoms. The Balaban J connectivity index is 1.50. The molecule has 0 bridgehead atoms. The van der Waals surface area contributed by atoms with Gasteiger partial charge in [0.05, 0.1) is 47.6 Å². The van der Waals surface area contributed by atoms with E-state index in [-0.39, 0.29) is 5.97 Å². The van der Waals surface area contributed by atoms with E-state index in [1.165, 1.54) is 9.79 Å². The Bertz CT molecular complexity index is 1980. The molecule has 44 heavy (non-hydrogen) atoms. The minimum absolute atomic E-state index is 0.331. The molecule has 6 heteroatoms. The second-order valence-electron chi connectivity index (χ2n) is 10.6. The highest BCUT2D eigenvalue weighted by Crippen LogP contribution is 2.53. The smallest absolute Gasteiger partial charge is 0.338 e. The van der Waals surface area contributed by atoms with Crippen LogP contribution >= 0.6 is 11.8 Å². The van der Waals surface area contributed by atoms with Crippen molar-refractivity contribution in [2.24, 2.45) is 0 Å². The zero-order valence-corrected chi connectivity index (χ0v) is 25.5. The number of rotatable bonds is 6. The quantitative estimate of drug-likeness (QED) is 0.179. The summed E-state index contributed by atoms with van der Waals surface area (Å²) in [6.07, 6.45) is 0. The van der Waals surface area contributed by atoms with E-state index in [0.717, 1.165) is 61.7 Å². The zero-order valence-electron chi connectivity index (χ0n) is 24.7. The molecule has 2 heterocycles. The van der Waals surface area contributed by atoms with E-state index in [1.807, 2.05) is 31.2 Å². The van der Waals surface area contributed by atoms with Gasteiger partial charge in [0.15, 0.2) is 0 Å². The van der Waals surface area contributed by atoms with Gasteiger partial charge in [-0.1, -0.05) is 66.4 Å². The van der Waals surface area contributed by atoms with Crippen LogP contribution < -0.4 is 9.64 Å². The molecule has 1 aliphatic rings. The molecule has 0 aliphatic carbocycles. The van der Waals surface area contributed by atoms with Gasteiger partial charge in [-0.2, -0.15) is 0 Å².